The summed E-state index contributed by atoms with van der Waals surface area (Å²) in [5, 5.41) is 3.53. The van der Waals surface area contributed by atoms with Gasteiger partial charge in [0.1, 0.15) is 0 Å². The highest BCUT2D eigenvalue weighted by molar-refractivity contribution is 6.06. The second-order valence-corrected chi connectivity index (χ2v) is 8.00. The molecule has 0 aliphatic carbocycles. The Hall–Kier alpha value is -3.06. The number of nitrogens with two attached hydrogens (primary N) is 1. The lowest BCUT2D eigenvalue weighted by Crippen LogP contribution is -2.57. The zero-order valence-corrected chi connectivity index (χ0v) is 17.9. The first-order chi connectivity index (χ1) is 14.5. The summed E-state index contributed by atoms with van der Waals surface area (Å²) in [4.78, 5) is 13.6. The molecule has 0 spiro atoms. The van der Waals surface area contributed by atoms with Gasteiger partial charge in [-0.3, -0.25) is 4.90 Å². The molecule has 1 atom stereocenters. The fraction of sp³-hybridized carbons (Fsp3) is 0.391. The highest BCUT2D eigenvalue weighted by atomic mass is 16.5. The van der Waals surface area contributed by atoms with E-state index in [1.807, 2.05) is 0 Å². The lowest BCUT2D eigenvalue weighted by atomic mass is 10.0. The average molecular weight is 407 g/mol. The topological polar surface area (TPSA) is 78.5 Å². The second-order valence-electron chi connectivity index (χ2n) is 8.00. The summed E-state index contributed by atoms with van der Waals surface area (Å²) in [6.45, 7) is 9.35. The summed E-state index contributed by atoms with van der Waals surface area (Å²) in [5.74, 6) is 1.56. The van der Waals surface area contributed by atoms with Crippen molar-refractivity contribution in [2.75, 3.05) is 36.5 Å². The van der Waals surface area contributed by atoms with E-state index in [1.165, 1.54) is 11.1 Å². The lowest BCUT2D eigenvalue weighted by Gasteiger charge is -2.41. The van der Waals surface area contributed by atoms with E-state index in [4.69, 9.17) is 10.5 Å². The van der Waals surface area contributed by atoms with Crippen LogP contribution >= 0.6 is 0 Å². The van der Waals surface area contributed by atoms with Gasteiger partial charge in [-0.1, -0.05) is 43.7 Å². The van der Waals surface area contributed by atoms with Crippen molar-refractivity contribution in [1.29, 1.82) is 0 Å². The average Bonchev–Trinajstić information content (AvgIpc) is 2.75. The Balaban J connectivity index is 1.67. The van der Waals surface area contributed by atoms with Gasteiger partial charge >= 0.3 is 0 Å². The zero-order chi connectivity index (χ0) is 21.1. The van der Waals surface area contributed by atoms with Crippen molar-refractivity contribution in [2.24, 2.45) is 15.7 Å². The smallest absolute Gasteiger partial charge is 0.222 e. The molecule has 7 heteroatoms. The summed E-state index contributed by atoms with van der Waals surface area (Å²) in [5.41, 5.74) is 10.7. The first kappa shape index (κ1) is 20.2. The van der Waals surface area contributed by atoms with Crippen LogP contribution in [0.1, 0.15) is 30.9 Å². The van der Waals surface area contributed by atoms with Gasteiger partial charge in [-0.15, -0.1) is 0 Å². The van der Waals surface area contributed by atoms with Crippen LogP contribution in [0.4, 0.5) is 11.4 Å². The Morgan fingerprint density at radius 3 is 2.33 bits per heavy atom. The number of benzene rings is 2. The largest absolute Gasteiger partial charge is 0.378 e. The van der Waals surface area contributed by atoms with E-state index in [0.717, 1.165) is 30.4 Å². The molecule has 2 aromatic carbocycles. The van der Waals surface area contributed by atoms with Crippen molar-refractivity contribution in [3.63, 3.8) is 0 Å². The quantitative estimate of drug-likeness (QED) is 0.814. The SMILES string of the molecule is Cc1ccc(N2C(N3CCOCC3)=NC(N)=NC2Nc2ccc(C(C)C)cc2)cc1. The fourth-order valence-electron chi connectivity index (χ4n) is 3.64. The standard InChI is InChI=1S/C23H30N6O/c1-16(2)18-6-8-19(9-7-18)25-22-26-21(24)27-23(28-12-14-30-15-13-28)29(22)20-10-4-17(3)5-11-20/h4-11,16,22,25H,12-15H2,1-3H3,(H2,24,26). The maximum absolute atomic E-state index is 6.14. The molecule has 0 saturated carbocycles. The van der Waals surface area contributed by atoms with Gasteiger partial charge in [-0.2, -0.15) is 4.99 Å². The summed E-state index contributed by atoms with van der Waals surface area (Å²) in [6.07, 6.45) is -0.395. The molecule has 2 aromatic rings. The summed E-state index contributed by atoms with van der Waals surface area (Å²) >= 11 is 0. The monoisotopic (exact) mass is 406 g/mol. The van der Waals surface area contributed by atoms with Crippen molar-refractivity contribution in [2.45, 2.75) is 33.0 Å². The Labute approximate surface area is 178 Å². The maximum atomic E-state index is 6.14. The predicted octanol–water partition coefficient (Wildman–Crippen LogP) is 3.34. The third-order valence-electron chi connectivity index (χ3n) is 5.41. The maximum Gasteiger partial charge on any atom is 0.222 e. The molecular formula is C23H30N6O. The van der Waals surface area contributed by atoms with Gasteiger partial charge in [0.15, 0.2) is 0 Å². The third-order valence-corrected chi connectivity index (χ3v) is 5.41. The van der Waals surface area contributed by atoms with E-state index in [9.17, 15) is 0 Å². The van der Waals surface area contributed by atoms with Crippen molar-refractivity contribution >= 4 is 23.3 Å². The van der Waals surface area contributed by atoms with Crippen molar-refractivity contribution in [3.8, 4) is 0 Å². The van der Waals surface area contributed by atoms with Gasteiger partial charge in [0, 0.05) is 24.5 Å². The van der Waals surface area contributed by atoms with Crippen LogP contribution in [-0.4, -0.2) is 49.4 Å². The molecule has 2 aliphatic heterocycles. The molecule has 1 unspecified atom stereocenters. The Morgan fingerprint density at radius 1 is 1.03 bits per heavy atom. The van der Waals surface area contributed by atoms with Crippen molar-refractivity contribution in [1.82, 2.24) is 4.90 Å². The zero-order valence-electron chi connectivity index (χ0n) is 17.9. The number of anilines is 2. The number of hydrogen-bond acceptors (Lipinski definition) is 7. The van der Waals surface area contributed by atoms with Crippen LogP contribution < -0.4 is 16.0 Å². The van der Waals surface area contributed by atoms with Gasteiger partial charge in [0.2, 0.25) is 18.2 Å². The van der Waals surface area contributed by atoms with Gasteiger partial charge in [-0.05, 0) is 42.7 Å². The van der Waals surface area contributed by atoms with Crippen LogP contribution in [0.15, 0.2) is 58.5 Å². The molecule has 0 aromatic heterocycles. The van der Waals surface area contributed by atoms with Gasteiger partial charge in [-0.25, -0.2) is 4.99 Å². The van der Waals surface area contributed by atoms with Gasteiger partial charge in [0.25, 0.3) is 0 Å². The van der Waals surface area contributed by atoms with E-state index in [1.54, 1.807) is 0 Å². The molecule has 158 valence electrons. The number of ether oxygens (including phenoxy) is 1. The molecule has 1 fully saturated rings. The molecule has 1 saturated heterocycles. The van der Waals surface area contributed by atoms with E-state index in [2.05, 4.69) is 94.4 Å². The molecule has 3 N–H and O–H groups in total. The highest BCUT2D eigenvalue weighted by Gasteiger charge is 2.32. The predicted molar refractivity (Wildman–Crippen MR) is 123 cm³/mol. The first-order valence-electron chi connectivity index (χ1n) is 10.5. The molecule has 7 nitrogen and oxygen atoms in total. The molecule has 0 bridgehead atoms. The van der Waals surface area contributed by atoms with Gasteiger partial charge in [0.05, 0.1) is 13.2 Å². The van der Waals surface area contributed by atoms with E-state index in [0.29, 0.717) is 19.1 Å². The van der Waals surface area contributed by atoms with E-state index in [-0.39, 0.29) is 5.96 Å². The number of nitrogens with one attached hydrogen (secondary N) is 1. The number of guanidine groups is 2. The number of aryl methyl sites for hydroxylation is 1. The molecule has 2 heterocycles. The Bertz CT molecular complexity index is 914. The number of aliphatic imine (C=N–C) groups is 2. The number of nitrogens with zero attached hydrogens (tertiary/aromatic N) is 4. The minimum absolute atomic E-state index is 0.274. The third kappa shape index (κ3) is 4.41. The highest BCUT2D eigenvalue weighted by Crippen LogP contribution is 2.25. The number of morpholine rings is 1. The molecule has 2 aliphatic rings. The van der Waals surface area contributed by atoms with E-state index >= 15 is 0 Å². The summed E-state index contributed by atoms with van der Waals surface area (Å²) < 4.78 is 5.53. The van der Waals surface area contributed by atoms with Crippen LogP contribution in [0.25, 0.3) is 0 Å². The minimum atomic E-state index is -0.395. The lowest BCUT2D eigenvalue weighted by molar-refractivity contribution is 0.0671. The molecule has 4 rings (SSSR count). The summed E-state index contributed by atoms with van der Waals surface area (Å²) in [6, 6.07) is 16.9. The Kier molecular flexibility index (Phi) is 5.90. The molecule has 30 heavy (non-hydrogen) atoms. The second kappa shape index (κ2) is 8.75. The normalized spacial score (nSPS) is 19.5. The van der Waals surface area contributed by atoms with E-state index < -0.39 is 6.29 Å². The molecular weight excluding hydrogens is 376 g/mol. The van der Waals surface area contributed by atoms with Crippen LogP contribution in [0, 0.1) is 6.92 Å². The van der Waals surface area contributed by atoms with Crippen molar-refractivity contribution < 1.29 is 4.74 Å². The molecule has 0 radical (unpaired) electrons. The number of hydrogen-bond donors (Lipinski definition) is 2. The minimum Gasteiger partial charge on any atom is -0.378 e. The van der Waals surface area contributed by atoms with Gasteiger partial charge < -0.3 is 20.7 Å². The first-order valence-corrected chi connectivity index (χ1v) is 10.5. The number of rotatable bonds is 4. The van der Waals surface area contributed by atoms with Crippen LogP contribution in [0.2, 0.25) is 0 Å². The van der Waals surface area contributed by atoms with Crippen LogP contribution in [-0.2, 0) is 4.74 Å². The van der Waals surface area contributed by atoms with Crippen LogP contribution in [0.5, 0.6) is 0 Å². The molecule has 0 amide bonds. The summed E-state index contributed by atoms with van der Waals surface area (Å²) in [7, 11) is 0. The van der Waals surface area contributed by atoms with Crippen LogP contribution in [0.3, 0.4) is 0 Å². The Morgan fingerprint density at radius 2 is 1.70 bits per heavy atom. The van der Waals surface area contributed by atoms with Crippen molar-refractivity contribution in [3.05, 3.63) is 59.7 Å². The fourth-order valence-corrected chi connectivity index (χ4v) is 3.64.